The van der Waals surface area contributed by atoms with E-state index in [0.29, 0.717) is 19.1 Å². The van der Waals surface area contributed by atoms with Crippen molar-refractivity contribution in [3.63, 3.8) is 0 Å². The molecule has 3 aromatic rings. The summed E-state index contributed by atoms with van der Waals surface area (Å²) in [7, 11) is 0. The van der Waals surface area contributed by atoms with Crippen LogP contribution in [0.1, 0.15) is 24.8 Å². The maximum Gasteiger partial charge on any atom is 0.226 e. The summed E-state index contributed by atoms with van der Waals surface area (Å²) in [5.41, 5.74) is 2.46. The normalized spacial score (nSPS) is 16.9. The highest BCUT2D eigenvalue weighted by Crippen LogP contribution is 2.26. The lowest BCUT2D eigenvalue weighted by Gasteiger charge is -2.25. The van der Waals surface area contributed by atoms with Gasteiger partial charge < -0.3 is 14.6 Å². The SMILES string of the molecule is O=C(CCOc1ccccc1)N1CCCC1Cc1c[nH]c2ccccc12. The molecule has 1 aliphatic rings. The molecule has 0 saturated carbocycles. The Morgan fingerprint density at radius 1 is 1.12 bits per heavy atom. The Morgan fingerprint density at radius 3 is 2.81 bits per heavy atom. The molecule has 1 saturated heterocycles. The van der Waals surface area contributed by atoms with E-state index in [-0.39, 0.29) is 5.91 Å². The Hall–Kier alpha value is -2.75. The minimum Gasteiger partial charge on any atom is -0.493 e. The second-order valence-corrected chi connectivity index (χ2v) is 6.86. The monoisotopic (exact) mass is 348 g/mol. The van der Waals surface area contributed by atoms with E-state index in [1.807, 2.05) is 36.4 Å². The first-order chi connectivity index (χ1) is 12.8. The second-order valence-electron chi connectivity index (χ2n) is 6.86. The van der Waals surface area contributed by atoms with Gasteiger partial charge in [-0.2, -0.15) is 0 Å². The first-order valence-corrected chi connectivity index (χ1v) is 9.33. The van der Waals surface area contributed by atoms with E-state index >= 15 is 0 Å². The molecular formula is C22H24N2O2. The molecule has 0 spiro atoms. The predicted octanol–water partition coefficient (Wildman–Crippen LogP) is 4.17. The van der Waals surface area contributed by atoms with Crippen LogP contribution in [0.25, 0.3) is 10.9 Å². The Bertz CT molecular complexity index is 872. The van der Waals surface area contributed by atoms with Gasteiger partial charge in [0.25, 0.3) is 0 Å². The van der Waals surface area contributed by atoms with Crippen molar-refractivity contribution in [3.05, 3.63) is 66.4 Å². The highest BCUT2D eigenvalue weighted by molar-refractivity contribution is 5.83. The number of carbonyl (C=O) groups excluding carboxylic acids is 1. The molecule has 0 aliphatic carbocycles. The molecule has 1 aliphatic heterocycles. The van der Waals surface area contributed by atoms with Gasteiger partial charge in [-0.25, -0.2) is 0 Å². The second kappa shape index (κ2) is 7.65. The van der Waals surface area contributed by atoms with Gasteiger partial charge in [-0.1, -0.05) is 36.4 Å². The summed E-state index contributed by atoms with van der Waals surface area (Å²) in [6.45, 7) is 1.29. The highest BCUT2D eigenvalue weighted by atomic mass is 16.5. The van der Waals surface area contributed by atoms with Gasteiger partial charge in [-0.3, -0.25) is 4.79 Å². The summed E-state index contributed by atoms with van der Waals surface area (Å²) in [5.74, 6) is 1.01. The van der Waals surface area contributed by atoms with Gasteiger partial charge in [0.15, 0.2) is 0 Å². The fourth-order valence-corrected chi connectivity index (χ4v) is 3.85. The number of nitrogens with zero attached hydrogens (tertiary/aromatic N) is 1. The number of aromatic amines is 1. The number of para-hydroxylation sites is 2. The Morgan fingerprint density at radius 2 is 1.92 bits per heavy atom. The van der Waals surface area contributed by atoms with Gasteiger partial charge in [0.2, 0.25) is 5.91 Å². The summed E-state index contributed by atoms with van der Waals surface area (Å²) >= 11 is 0. The molecular weight excluding hydrogens is 324 g/mol. The predicted molar refractivity (Wildman–Crippen MR) is 103 cm³/mol. The van der Waals surface area contributed by atoms with Gasteiger partial charge in [-0.05, 0) is 43.0 Å². The van der Waals surface area contributed by atoms with Crippen molar-refractivity contribution in [1.82, 2.24) is 9.88 Å². The van der Waals surface area contributed by atoms with Gasteiger partial charge >= 0.3 is 0 Å². The van der Waals surface area contributed by atoms with E-state index < -0.39 is 0 Å². The molecule has 4 heteroatoms. The summed E-state index contributed by atoms with van der Waals surface area (Å²) in [6, 6.07) is 18.3. The number of hydrogen-bond acceptors (Lipinski definition) is 2. The van der Waals surface area contributed by atoms with Gasteiger partial charge in [-0.15, -0.1) is 0 Å². The number of rotatable bonds is 6. The number of H-pyrrole nitrogens is 1. The van der Waals surface area contributed by atoms with E-state index in [4.69, 9.17) is 4.74 Å². The third-order valence-electron chi connectivity index (χ3n) is 5.16. The molecule has 4 rings (SSSR count). The molecule has 1 amide bonds. The van der Waals surface area contributed by atoms with E-state index in [2.05, 4.69) is 34.3 Å². The number of amides is 1. The molecule has 26 heavy (non-hydrogen) atoms. The molecule has 134 valence electrons. The average molecular weight is 348 g/mol. The number of likely N-dealkylation sites (tertiary alicyclic amines) is 1. The number of benzene rings is 2. The molecule has 2 heterocycles. The molecule has 1 atom stereocenters. The molecule has 1 aromatic heterocycles. The van der Waals surface area contributed by atoms with E-state index in [0.717, 1.165) is 37.1 Å². The Balaban J connectivity index is 1.36. The summed E-state index contributed by atoms with van der Waals surface area (Å²) < 4.78 is 5.68. The molecule has 0 radical (unpaired) electrons. The first kappa shape index (κ1) is 16.7. The van der Waals surface area contributed by atoms with Crippen molar-refractivity contribution in [1.29, 1.82) is 0 Å². The zero-order valence-electron chi connectivity index (χ0n) is 14.9. The van der Waals surface area contributed by atoms with Crippen LogP contribution in [0.15, 0.2) is 60.8 Å². The third kappa shape index (κ3) is 3.59. The van der Waals surface area contributed by atoms with Crippen molar-refractivity contribution in [2.45, 2.75) is 31.7 Å². The number of aromatic nitrogens is 1. The van der Waals surface area contributed by atoms with Crippen LogP contribution >= 0.6 is 0 Å². The van der Waals surface area contributed by atoms with Crippen molar-refractivity contribution < 1.29 is 9.53 Å². The third-order valence-corrected chi connectivity index (χ3v) is 5.16. The van der Waals surface area contributed by atoms with Crippen molar-refractivity contribution in [2.75, 3.05) is 13.2 Å². The van der Waals surface area contributed by atoms with Crippen LogP contribution in [0.3, 0.4) is 0 Å². The number of hydrogen-bond donors (Lipinski definition) is 1. The molecule has 4 nitrogen and oxygen atoms in total. The minimum absolute atomic E-state index is 0.197. The molecule has 0 bridgehead atoms. The quantitative estimate of drug-likeness (QED) is 0.727. The van der Waals surface area contributed by atoms with Crippen LogP contribution < -0.4 is 4.74 Å². The summed E-state index contributed by atoms with van der Waals surface area (Å²) in [6.07, 6.45) is 5.59. The number of ether oxygens (including phenoxy) is 1. The standard InChI is InChI=1S/C22H24N2O2/c25-22(12-14-26-19-8-2-1-3-9-19)24-13-6-7-18(24)15-17-16-23-21-11-5-4-10-20(17)21/h1-5,8-11,16,18,23H,6-7,12-15H2. The van der Waals surface area contributed by atoms with E-state index in [1.165, 1.54) is 10.9 Å². The fraction of sp³-hybridized carbons (Fsp3) is 0.318. The van der Waals surface area contributed by atoms with Crippen LogP contribution in [-0.4, -0.2) is 35.0 Å². The summed E-state index contributed by atoms with van der Waals surface area (Å²) in [4.78, 5) is 18.1. The van der Waals surface area contributed by atoms with Crippen LogP contribution in [0, 0.1) is 0 Å². The Labute approximate surface area is 153 Å². The lowest BCUT2D eigenvalue weighted by atomic mass is 10.0. The van der Waals surface area contributed by atoms with E-state index in [1.54, 1.807) is 0 Å². The Kier molecular flexibility index (Phi) is 4.91. The largest absolute Gasteiger partial charge is 0.493 e. The van der Waals surface area contributed by atoms with Crippen LogP contribution in [0.4, 0.5) is 0 Å². The maximum absolute atomic E-state index is 12.7. The maximum atomic E-state index is 12.7. The zero-order valence-corrected chi connectivity index (χ0v) is 14.9. The smallest absolute Gasteiger partial charge is 0.226 e. The van der Waals surface area contributed by atoms with Crippen LogP contribution in [0.5, 0.6) is 5.75 Å². The highest BCUT2D eigenvalue weighted by Gasteiger charge is 2.29. The molecule has 1 unspecified atom stereocenters. The van der Waals surface area contributed by atoms with Crippen LogP contribution in [-0.2, 0) is 11.2 Å². The van der Waals surface area contributed by atoms with Gasteiger partial charge in [0.05, 0.1) is 13.0 Å². The molecule has 2 aromatic carbocycles. The number of nitrogens with one attached hydrogen (secondary N) is 1. The van der Waals surface area contributed by atoms with Crippen molar-refractivity contribution in [3.8, 4) is 5.75 Å². The number of fused-ring (bicyclic) bond motifs is 1. The molecule has 1 N–H and O–H groups in total. The number of carbonyl (C=O) groups is 1. The average Bonchev–Trinajstić information content (AvgIpc) is 3.30. The first-order valence-electron chi connectivity index (χ1n) is 9.33. The fourth-order valence-electron chi connectivity index (χ4n) is 3.85. The minimum atomic E-state index is 0.197. The van der Waals surface area contributed by atoms with E-state index in [9.17, 15) is 4.79 Å². The topological polar surface area (TPSA) is 45.3 Å². The van der Waals surface area contributed by atoms with Crippen molar-refractivity contribution >= 4 is 16.8 Å². The lowest BCUT2D eigenvalue weighted by Crippen LogP contribution is -2.37. The van der Waals surface area contributed by atoms with Crippen molar-refractivity contribution in [2.24, 2.45) is 0 Å². The van der Waals surface area contributed by atoms with Crippen LogP contribution in [0.2, 0.25) is 0 Å². The van der Waals surface area contributed by atoms with Gasteiger partial charge in [0.1, 0.15) is 5.75 Å². The zero-order chi connectivity index (χ0) is 17.8. The lowest BCUT2D eigenvalue weighted by molar-refractivity contribution is -0.132. The summed E-state index contributed by atoms with van der Waals surface area (Å²) in [5, 5.41) is 1.26. The molecule has 1 fully saturated rings. The van der Waals surface area contributed by atoms with Gasteiger partial charge in [0, 0.05) is 29.7 Å².